The summed E-state index contributed by atoms with van der Waals surface area (Å²) in [5, 5.41) is 3.56. The summed E-state index contributed by atoms with van der Waals surface area (Å²) in [7, 11) is -1.81. The van der Waals surface area contributed by atoms with Gasteiger partial charge in [-0.2, -0.15) is 0 Å². The quantitative estimate of drug-likeness (QED) is 0.740. The van der Waals surface area contributed by atoms with Gasteiger partial charge in [0, 0.05) is 5.54 Å². The molecule has 0 rings (SSSR count). The summed E-state index contributed by atoms with van der Waals surface area (Å²) in [4.78, 5) is 10.8. The number of carbonyl (C=O) groups excluding carboxylic acids is 1. The van der Waals surface area contributed by atoms with Gasteiger partial charge in [0.1, 0.15) is 6.61 Å². The maximum Gasteiger partial charge on any atom is 0.404 e. The number of rotatable bonds is 6. The highest BCUT2D eigenvalue weighted by atomic mass is 28.4. The van der Waals surface area contributed by atoms with Crippen LogP contribution in [0.15, 0.2) is 0 Å². The van der Waals surface area contributed by atoms with Crippen molar-refractivity contribution in [2.45, 2.75) is 71.3 Å². The van der Waals surface area contributed by atoms with Gasteiger partial charge in [-0.05, 0) is 38.9 Å². The standard InChI is InChI=1S/C14H32N2O3Si/c1-13(2,3)16-11(9-18-12(15)17)10-19-20(7,8)14(4,5)6/h11,16H,9-10H2,1-8H3,(H2,15,17)/t11-/m0/s1. The van der Waals surface area contributed by atoms with Gasteiger partial charge in [-0.25, -0.2) is 4.79 Å². The number of ether oxygens (including phenoxy) is 1. The largest absolute Gasteiger partial charge is 0.448 e. The third-order valence-electron chi connectivity index (χ3n) is 3.52. The lowest BCUT2D eigenvalue weighted by Gasteiger charge is -2.38. The smallest absolute Gasteiger partial charge is 0.404 e. The molecule has 3 N–H and O–H groups in total. The first kappa shape index (κ1) is 19.4. The molecule has 0 aromatic carbocycles. The van der Waals surface area contributed by atoms with E-state index < -0.39 is 14.4 Å². The number of nitrogens with one attached hydrogen (secondary N) is 1. The van der Waals surface area contributed by atoms with Gasteiger partial charge in [-0.15, -0.1) is 0 Å². The van der Waals surface area contributed by atoms with Crippen molar-refractivity contribution in [1.82, 2.24) is 5.32 Å². The molecule has 0 saturated carbocycles. The van der Waals surface area contributed by atoms with Gasteiger partial charge in [0.2, 0.25) is 0 Å². The number of primary amides is 1. The average Bonchev–Trinajstić information content (AvgIpc) is 2.18. The lowest BCUT2D eigenvalue weighted by Crippen LogP contribution is -2.51. The van der Waals surface area contributed by atoms with Gasteiger partial charge in [-0.1, -0.05) is 20.8 Å². The Morgan fingerprint density at radius 1 is 1.15 bits per heavy atom. The van der Waals surface area contributed by atoms with Crippen LogP contribution < -0.4 is 11.1 Å². The SMILES string of the molecule is CC(C)(C)N[C@@H](COC(N)=O)CO[Si](C)(C)C(C)(C)C. The minimum atomic E-state index is -1.81. The minimum Gasteiger partial charge on any atom is -0.448 e. The first-order valence-corrected chi connectivity index (χ1v) is 9.99. The summed E-state index contributed by atoms with van der Waals surface area (Å²) in [5.74, 6) is 0. The molecule has 0 aromatic heterocycles. The predicted molar refractivity (Wildman–Crippen MR) is 85.4 cm³/mol. The Labute approximate surface area is 124 Å². The number of hydrogen-bond acceptors (Lipinski definition) is 4. The molecule has 6 heteroatoms. The molecule has 120 valence electrons. The number of amides is 1. The van der Waals surface area contributed by atoms with E-state index in [2.05, 4.69) is 60.0 Å². The van der Waals surface area contributed by atoms with Crippen molar-refractivity contribution in [3.63, 3.8) is 0 Å². The molecule has 0 bridgehead atoms. The number of hydrogen-bond donors (Lipinski definition) is 2. The summed E-state index contributed by atoms with van der Waals surface area (Å²) >= 11 is 0. The normalized spacial score (nSPS) is 15.0. The van der Waals surface area contributed by atoms with Gasteiger partial charge in [-0.3, -0.25) is 0 Å². The summed E-state index contributed by atoms with van der Waals surface area (Å²) in [6, 6.07) is -0.0587. The monoisotopic (exact) mass is 304 g/mol. The molecule has 0 unspecified atom stereocenters. The van der Waals surface area contributed by atoms with Crippen molar-refractivity contribution in [2.24, 2.45) is 5.73 Å². The average molecular weight is 305 g/mol. The molecule has 0 saturated heterocycles. The molecular formula is C14H32N2O3Si. The lowest BCUT2D eigenvalue weighted by atomic mass is 10.1. The molecule has 0 aliphatic carbocycles. The third kappa shape index (κ3) is 7.87. The van der Waals surface area contributed by atoms with E-state index in [1.165, 1.54) is 0 Å². The van der Waals surface area contributed by atoms with Gasteiger partial charge in [0.15, 0.2) is 8.32 Å². The molecule has 0 aromatic rings. The highest BCUT2D eigenvalue weighted by Gasteiger charge is 2.37. The van der Waals surface area contributed by atoms with E-state index in [4.69, 9.17) is 14.9 Å². The Kier molecular flexibility index (Phi) is 6.71. The number of carbonyl (C=O) groups is 1. The molecule has 20 heavy (non-hydrogen) atoms. The molecule has 5 nitrogen and oxygen atoms in total. The molecule has 0 aliphatic rings. The van der Waals surface area contributed by atoms with Gasteiger partial charge in [0.25, 0.3) is 0 Å². The molecule has 0 fully saturated rings. The van der Waals surface area contributed by atoms with Gasteiger partial charge in [0.05, 0.1) is 12.6 Å². The van der Waals surface area contributed by atoms with Crippen LogP contribution in [0, 0.1) is 0 Å². The second-order valence-electron chi connectivity index (χ2n) is 7.79. The van der Waals surface area contributed by atoms with E-state index in [9.17, 15) is 4.79 Å². The Bertz CT molecular complexity index is 319. The first-order valence-electron chi connectivity index (χ1n) is 7.08. The van der Waals surface area contributed by atoms with E-state index in [0.29, 0.717) is 6.61 Å². The van der Waals surface area contributed by atoms with Crippen LogP contribution in [0.4, 0.5) is 4.79 Å². The predicted octanol–water partition coefficient (Wildman–Crippen LogP) is 2.86. The molecule has 0 aliphatic heterocycles. The maximum atomic E-state index is 10.8. The van der Waals surface area contributed by atoms with Crippen LogP contribution in [0.2, 0.25) is 18.1 Å². The second kappa shape index (κ2) is 6.91. The zero-order chi connectivity index (χ0) is 16.2. The van der Waals surface area contributed by atoms with Crippen LogP contribution in [0.5, 0.6) is 0 Å². The zero-order valence-electron chi connectivity index (χ0n) is 14.3. The van der Waals surface area contributed by atoms with Crippen molar-refractivity contribution in [3.8, 4) is 0 Å². The topological polar surface area (TPSA) is 73.6 Å². The fourth-order valence-electron chi connectivity index (χ4n) is 1.45. The van der Waals surface area contributed by atoms with Crippen molar-refractivity contribution >= 4 is 14.4 Å². The highest BCUT2D eigenvalue weighted by Crippen LogP contribution is 2.36. The van der Waals surface area contributed by atoms with E-state index in [0.717, 1.165) is 0 Å². The number of nitrogens with two attached hydrogens (primary N) is 1. The second-order valence-corrected chi connectivity index (χ2v) is 12.6. The van der Waals surface area contributed by atoms with E-state index >= 15 is 0 Å². The summed E-state index contributed by atoms with van der Waals surface area (Å²) in [6.45, 7) is 17.9. The van der Waals surface area contributed by atoms with Crippen LogP contribution in [-0.2, 0) is 9.16 Å². The van der Waals surface area contributed by atoms with Crippen molar-refractivity contribution in [3.05, 3.63) is 0 Å². The van der Waals surface area contributed by atoms with Crippen LogP contribution in [0.3, 0.4) is 0 Å². The highest BCUT2D eigenvalue weighted by molar-refractivity contribution is 6.74. The van der Waals surface area contributed by atoms with E-state index in [-0.39, 0.29) is 23.2 Å². The van der Waals surface area contributed by atoms with Crippen LogP contribution >= 0.6 is 0 Å². The molecule has 1 amide bonds. The molecule has 0 spiro atoms. The Morgan fingerprint density at radius 3 is 2.00 bits per heavy atom. The van der Waals surface area contributed by atoms with E-state index in [1.54, 1.807) is 0 Å². The molecule has 0 radical (unpaired) electrons. The summed E-state index contributed by atoms with van der Waals surface area (Å²) < 4.78 is 11.1. The maximum absolute atomic E-state index is 10.8. The van der Waals surface area contributed by atoms with Crippen LogP contribution in [0.1, 0.15) is 41.5 Å². The minimum absolute atomic E-state index is 0.0587. The van der Waals surface area contributed by atoms with E-state index in [1.807, 2.05) is 0 Å². The third-order valence-corrected chi connectivity index (χ3v) is 8.02. The first-order chi connectivity index (χ1) is 8.74. The Balaban J connectivity index is 4.61. The van der Waals surface area contributed by atoms with Gasteiger partial charge < -0.3 is 20.2 Å². The van der Waals surface area contributed by atoms with Crippen molar-refractivity contribution < 1.29 is 14.0 Å². The molecule has 0 heterocycles. The Hall–Kier alpha value is -0.593. The summed E-state index contributed by atoms with van der Waals surface area (Å²) in [5.41, 5.74) is 4.95. The fourth-order valence-corrected chi connectivity index (χ4v) is 2.50. The van der Waals surface area contributed by atoms with Crippen molar-refractivity contribution in [1.29, 1.82) is 0 Å². The molecular weight excluding hydrogens is 272 g/mol. The fraction of sp³-hybridized carbons (Fsp3) is 0.929. The van der Waals surface area contributed by atoms with Gasteiger partial charge >= 0.3 is 6.09 Å². The Morgan fingerprint density at radius 2 is 1.65 bits per heavy atom. The zero-order valence-corrected chi connectivity index (χ0v) is 15.3. The van der Waals surface area contributed by atoms with Crippen LogP contribution in [0.25, 0.3) is 0 Å². The van der Waals surface area contributed by atoms with Crippen molar-refractivity contribution in [2.75, 3.05) is 13.2 Å². The summed E-state index contributed by atoms with van der Waals surface area (Å²) in [6.07, 6.45) is -0.752. The molecule has 1 atom stereocenters. The lowest BCUT2D eigenvalue weighted by molar-refractivity contribution is 0.115. The van der Waals surface area contributed by atoms with Crippen LogP contribution in [-0.4, -0.2) is 39.2 Å².